The second kappa shape index (κ2) is 10.4. The fourth-order valence-electron chi connectivity index (χ4n) is 3.94. The Labute approximate surface area is 193 Å². The third-order valence-electron chi connectivity index (χ3n) is 5.43. The van der Waals surface area contributed by atoms with Crippen LogP contribution < -0.4 is 15.9 Å². The first-order chi connectivity index (χ1) is 15.8. The van der Waals surface area contributed by atoms with Crippen molar-refractivity contribution >= 4 is 41.2 Å². The number of aldehydes is 1. The fourth-order valence-corrected chi connectivity index (χ4v) is 6.55. The molecule has 33 heavy (non-hydrogen) atoms. The molecule has 0 bridgehead atoms. The van der Waals surface area contributed by atoms with Gasteiger partial charge in [-0.1, -0.05) is 66.7 Å². The molecule has 1 N–H and O–H groups in total. The number of anilines is 1. The fraction of sp³-hybridized carbons (Fsp3) is 0.192. The highest BCUT2D eigenvalue weighted by molar-refractivity contribution is 7.93. The Morgan fingerprint density at radius 3 is 1.97 bits per heavy atom. The Kier molecular flexibility index (Phi) is 7.62. The van der Waals surface area contributed by atoms with Gasteiger partial charge in [0, 0.05) is 21.9 Å². The van der Waals surface area contributed by atoms with Crippen molar-refractivity contribution in [2.75, 3.05) is 18.5 Å². The van der Waals surface area contributed by atoms with Crippen LogP contribution in [0.4, 0.5) is 5.69 Å². The standard InChI is InChI=1S/C26H26NO5P/c1-18-16-19(2)25(27-17-23(29)32-15-14-28)20(3)24(18)26(30)33(31,21-10-6-4-7-11-21)22-12-8-5-9-13-22/h4-14,16,27H,15,17H2,1-3H3. The van der Waals surface area contributed by atoms with Crippen LogP contribution in [-0.2, 0) is 18.9 Å². The number of carbonyl (C=O) groups is 3. The van der Waals surface area contributed by atoms with Gasteiger partial charge in [-0.2, -0.15) is 0 Å². The molecule has 3 rings (SSSR count). The molecule has 0 spiro atoms. The number of nitrogens with one attached hydrogen (secondary N) is 1. The first kappa shape index (κ1) is 24.1. The topological polar surface area (TPSA) is 89.5 Å². The third-order valence-corrected chi connectivity index (χ3v) is 8.28. The second-order valence-electron chi connectivity index (χ2n) is 7.67. The molecule has 3 aromatic rings. The zero-order chi connectivity index (χ0) is 24.0. The minimum absolute atomic E-state index is 0.165. The van der Waals surface area contributed by atoms with Gasteiger partial charge in [-0.25, -0.2) is 0 Å². The maximum atomic E-state index is 14.5. The van der Waals surface area contributed by atoms with Crippen molar-refractivity contribution in [2.24, 2.45) is 0 Å². The average Bonchev–Trinajstić information content (AvgIpc) is 2.82. The van der Waals surface area contributed by atoms with E-state index < -0.39 is 18.6 Å². The number of benzene rings is 3. The molecule has 170 valence electrons. The molecule has 7 heteroatoms. The number of carbonyl (C=O) groups excluding carboxylic acids is 3. The molecule has 0 aliphatic rings. The minimum Gasteiger partial charge on any atom is -0.457 e. The summed E-state index contributed by atoms with van der Waals surface area (Å²) in [5.74, 6) is -0.589. The molecule has 3 aromatic carbocycles. The predicted molar refractivity (Wildman–Crippen MR) is 130 cm³/mol. The number of aryl methyl sites for hydroxylation is 2. The molecule has 0 saturated heterocycles. The largest absolute Gasteiger partial charge is 0.457 e. The van der Waals surface area contributed by atoms with Crippen molar-refractivity contribution in [2.45, 2.75) is 20.8 Å². The van der Waals surface area contributed by atoms with Crippen LogP contribution in [0.25, 0.3) is 0 Å². The summed E-state index contributed by atoms with van der Waals surface area (Å²) in [4.78, 5) is 36.3. The van der Waals surface area contributed by atoms with Crippen molar-refractivity contribution in [3.8, 4) is 0 Å². The van der Waals surface area contributed by atoms with Gasteiger partial charge in [-0.05, 0) is 37.5 Å². The molecule has 0 aliphatic carbocycles. The summed E-state index contributed by atoms with van der Waals surface area (Å²) in [7, 11) is -3.68. The molecule has 0 amide bonds. The molecular weight excluding hydrogens is 437 g/mol. The summed E-state index contributed by atoms with van der Waals surface area (Å²) in [6, 6.07) is 19.4. The van der Waals surface area contributed by atoms with Gasteiger partial charge in [0.1, 0.15) is 13.2 Å². The maximum Gasteiger partial charge on any atom is 0.325 e. The van der Waals surface area contributed by atoms with E-state index in [0.717, 1.165) is 5.56 Å². The second-order valence-corrected chi connectivity index (χ2v) is 10.3. The molecule has 0 saturated carbocycles. The quantitative estimate of drug-likeness (QED) is 0.294. The summed E-state index contributed by atoms with van der Waals surface area (Å²) in [6.45, 7) is 4.97. The number of hydrogen-bond donors (Lipinski definition) is 1. The summed E-state index contributed by atoms with van der Waals surface area (Å²) in [5, 5.41) is 3.94. The van der Waals surface area contributed by atoms with E-state index in [1.54, 1.807) is 55.5 Å². The zero-order valence-electron chi connectivity index (χ0n) is 18.8. The molecule has 0 unspecified atom stereocenters. The van der Waals surface area contributed by atoms with Gasteiger partial charge in [-0.3, -0.25) is 14.4 Å². The number of hydrogen-bond acceptors (Lipinski definition) is 6. The highest BCUT2D eigenvalue weighted by Gasteiger charge is 2.38. The van der Waals surface area contributed by atoms with Crippen LogP contribution in [0.5, 0.6) is 0 Å². The van der Waals surface area contributed by atoms with Crippen molar-refractivity contribution in [3.63, 3.8) is 0 Å². The Morgan fingerprint density at radius 1 is 0.909 bits per heavy atom. The molecule has 0 atom stereocenters. The summed E-state index contributed by atoms with van der Waals surface area (Å²) >= 11 is 0. The molecule has 0 aliphatic heterocycles. The van der Waals surface area contributed by atoms with Gasteiger partial charge < -0.3 is 14.6 Å². The lowest BCUT2D eigenvalue weighted by atomic mass is 9.98. The van der Waals surface area contributed by atoms with E-state index in [1.807, 2.05) is 32.0 Å². The monoisotopic (exact) mass is 463 g/mol. The minimum atomic E-state index is -3.68. The van der Waals surface area contributed by atoms with Crippen molar-refractivity contribution < 1.29 is 23.7 Å². The van der Waals surface area contributed by atoms with Gasteiger partial charge >= 0.3 is 5.97 Å². The van der Waals surface area contributed by atoms with Crippen LogP contribution in [0.15, 0.2) is 66.7 Å². The number of esters is 1. The van der Waals surface area contributed by atoms with Crippen LogP contribution >= 0.6 is 7.14 Å². The summed E-state index contributed by atoms with van der Waals surface area (Å²) < 4.78 is 19.3. The van der Waals surface area contributed by atoms with E-state index in [9.17, 15) is 18.9 Å². The normalized spacial score (nSPS) is 11.0. The number of rotatable bonds is 9. The van der Waals surface area contributed by atoms with Crippen molar-refractivity contribution in [1.29, 1.82) is 0 Å². The Morgan fingerprint density at radius 2 is 1.45 bits per heavy atom. The van der Waals surface area contributed by atoms with Gasteiger partial charge in [0.05, 0.1) is 0 Å². The van der Waals surface area contributed by atoms with Crippen LogP contribution in [0, 0.1) is 20.8 Å². The molecule has 0 aromatic heterocycles. The highest BCUT2D eigenvalue weighted by Crippen LogP contribution is 2.48. The molecule has 6 nitrogen and oxygen atoms in total. The van der Waals surface area contributed by atoms with Crippen molar-refractivity contribution in [3.05, 3.63) is 89.0 Å². The van der Waals surface area contributed by atoms with E-state index in [-0.39, 0.29) is 13.2 Å². The molecule has 0 radical (unpaired) electrons. The predicted octanol–water partition coefficient (Wildman–Crippen LogP) is 3.92. The highest BCUT2D eigenvalue weighted by atomic mass is 31.2. The van der Waals surface area contributed by atoms with Crippen LogP contribution in [0.3, 0.4) is 0 Å². The first-order valence-electron chi connectivity index (χ1n) is 10.5. The lowest BCUT2D eigenvalue weighted by Gasteiger charge is -2.23. The van der Waals surface area contributed by atoms with Gasteiger partial charge in [-0.15, -0.1) is 0 Å². The summed E-state index contributed by atoms with van der Waals surface area (Å²) in [5.41, 5.74) is 2.64. The maximum absolute atomic E-state index is 14.5. The van der Waals surface area contributed by atoms with E-state index in [0.29, 0.717) is 39.3 Å². The smallest absolute Gasteiger partial charge is 0.325 e. The lowest BCUT2D eigenvalue weighted by Crippen LogP contribution is -2.24. The molecule has 0 heterocycles. The van der Waals surface area contributed by atoms with Gasteiger partial charge in [0.2, 0.25) is 12.7 Å². The van der Waals surface area contributed by atoms with E-state index >= 15 is 0 Å². The average molecular weight is 463 g/mol. The Hall–Kier alpha value is -3.50. The van der Waals surface area contributed by atoms with E-state index in [1.165, 1.54) is 0 Å². The van der Waals surface area contributed by atoms with Crippen LogP contribution in [0.1, 0.15) is 27.0 Å². The van der Waals surface area contributed by atoms with Gasteiger partial charge in [0.15, 0.2) is 6.29 Å². The summed E-state index contributed by atoms with van der Waals surface area (Å²) in [6.07, 6.45) is 0.502. The third kappa shape index (κ3) is 4.96. The van der Waals surface area contributed by atoms with Gasteiger partial charge in [0.25, 0.3) is 0 Å². The lowest BCUT2D eigenvalue weighted by molar-refractivity contribution is -0.143. The SMILES string of the molecule is Cc1cc(C)c(C(=O)P(=O)(c2ccccc2)c2ccccc2)c(C)c1NCC(=O)OCC=O. The first-order valence-corrected chi connectivity index (χ1v) is 12.2. The Balaban J connectivity index is 2.10. The van der Waals surface area contributed by atoms with Crippen LogP contribution in [0.2, 0.25) is 0 Å². The molecule has 0 fully saturated rings. The zero-order valence-corrected chi connectivity index (χ0v) is 19.7. The molecular formula is C26H26NO5P. The van der Waals surface area contributed by atoms with E-state index in [4.69, 9.17) is 4.74 Å². The van der Waals surface area contributed by atoms with Crippen molar-refractivity contribution in [1.82, 2.24) is 0 Å². The van der Waals surface area contributed by atoms with Crippen LogP contribution in [-0.4, -0.2) is 30.9 Å². The Bertz CT molecular complexity index is 1180. The van der Waals surface area contributed by atoms with E-state index in [2.05, 4.69) is 5.32 Å². The number of ether oxygens (including phenoxy) is 1.